The molecular formula is C38H42BrNO5P+. The summed E-state index contributed by atoms with van der Waals surface area (Å²) in [5.41, 5.74) is -1.30. The van der Waals surface area contributed by atoms with E-state index in [4.69, 9.17) is 9.47 Å². The predicted molar refractivity (Wildman–Crippen MR) is 193 cm³/mol. The van der Waals surface area contributed by atoms with Crippen molar-refractivity contribution in [3.63, 3.8) is 0 Å². The van der Waals surface area contributed by atoms with E-state index < -0.39 is 42.3 Å². The molecule has 0 radical (unpaired) electrons. The van der Waals surface area contributed by atoms with Crippen LogP contribution in [0, 0.1) is 0 Å². The van der Waals surface area contributed by atoms with Crippen LogP contribution >= 0.6 is 23.2 Å². The van der Waals surface area contributed by atoms with Crippen LogP contribution in [0.4, 0.5) is 5.69 Å². The highest BCUT2D eigenvalue weighted by Crippen LogP contribution is 2.65. The van der Waals surface area contributed by atoms with Gasteiger partial charge in [-0.1, -0.05) is 70.5 Å². The molecule has 46 heavy (non-hydrogen) atoms. The molecule has 240 valence electrons. The average Bonchev–Trinajstić information content (AvgIpc) is 2.99. The number of nitrogens with zero attached hydrogens (tertiary/aromatic N) is 1. The molecule has 0 aliphatic rings. The van der Waals surface area contributed by atoms with E-state index in [-0.39, 0.29) is 5.31 Å². The van der Waals surface area contributed by atoms with Crippen molar-refractivity contribution in [1.82, 2.24) is 0 Å². The average molecular weight is 704 g/mol. The monoisotopic (exact) mass is 702 g/mol. The van der Waals surface area contributed by atoms with Crippen molar-refractivity contribution in [3.05, 3.63) is 131 Å². The molecule has 0 bridgehead atoms. The second kappa shape index (κ2) is 14.2. The first-order valence-electron chi connectivity index (χ1n) is 15.1. The van der Waals surface area contributed by atoms with Crippen LogP contribution in [0.15, 0.2) is 131 Å². The molecular weight excluding hydrogens is 661 g/mol. The summed E-state index contributed by atoms with van der Waals surface area (Å²) in [5, 5.41) is 15.3. The summed E-state index contributed by atoms with van der Waals surface area (Å²) in [6.45, 7) is 12.2. The number of anilines is 1. The van der Waals surface area contributed by atoms with Gasteiger partial charge in [0.2, 0.25) is 11.2 Å². The van der Waals surface area contributed by atoms with E-state index in [0.717, 1.165) is 20.4 Å². The Balaban J connectivity index is 2.28. The summed E-state index contributed by atoms with van der Waals surface area (Å²) in [4.78, 5) is 30.1. The number of carbonyl (C=O) groups excluding carboxylic acids is 2. The van der Waals surface area contributed by atoms with Gasteiger partial charge in [-0.15, -0.1) is 0 Å². The Labute approximate surface area is 281 Å². The van der Waals surface area contributed by atoms with Crippen molar-refractivity contribution < 1.29 is 24.2 Å². The third-order valence-electron chi connectivity index (χ3n) is 7.01. The first kappa shape index (κ1) is 34.9. The summed E-state index contributed by atoms with van der Waals surface area (Å²) >= 11 is 3.49. The normalized spacial score (nSPS) is 13.3. The standard InChI is InChI=1S/C38H41BrNO5P/c1-27(41)40(29-25-23-28(39)24-26-29)33(35(42)44-37(2,3)4)34(36(43)45-38(5,6)7)46(30-17-11-8-12-18-30,31-19-13-9-14-20-31)32-21-15-10-16-22-32/h8-26,33H,1-7H3/p+1/b36-34+. The largest absolute Gasteiger partial charge is 0.478 e. The molecule has 6 nitrogen and oxygen atoms in total. The number of rotatable bonds is 9. The molecule has 1 amide bonds. The van der Waals surface area contributed by atoms with E-state index in [1.165, 1.54) is 11.8 Å². The molecule has 1 atom stereocenters. The van der Waals surface area contributed by atoms with Crippen molar-refractivity contribution in [2.24, 2.45) is 0 Å². The molecule has 4 aromatic carbocycles. The van der Waals surface area contributed by atoms with Crippen molar-refractivity contribution in [2.75, 3.05) is 4.90 Å². The smallest absolute Gasteiger partial charge is 0.338 e. The molecule has 0 aromatic heterocycles. The first-order chi connectivity index (χ1) is 21.6. The van der Waals surface area contributed by atoms with Gasteiger partial charge >= 0.3 is 11.9 Å². The van der Waals surface area contributed by atoms with Crippen LogP contribution in [-0.2, 0) is 19.1 Å². The number of hydrogen-bond acceptors (Lipinski definition) is 5. The van der Waals surface area contributed by atoms with Crippen molar-refractivity contribution >= 4 is 56.7 Å². The summed E-state index contributed by atoms with van der Waals surface area (Å²) < 4.78 is 13.2. The number of amides is 1. The molecule has 0 fully saturated rings. The molecule has 0 heterocycles. The molecule has 4 rings (SSSR count). The zero-order valence-corrected chi connectivity index (χ0v) is 29.9. The van der Waals surface area contributed by atoms with Crippen LogP contribution in [-0.4, -0.2) is 34.2 Å². The number of aliphatic hydroxyl groups is 1. The number of aliphatic hydroxyl groups excluding tert-OH is 1. The lowest BCUT2D eigenvalue weighted by Crippen LogP contribution is -2.51. The number of halogens is 1. The first-order valence-corrected chi connectivity index (χ1v) is 17.7. The van der Waals surface area contributed by atoms with Crippen LogP contribution in [0.1, 0.15) is 48.5 Å². The lowest BCUT2D eigenvalue weighted by Gasteiger charge is -2.38. The van der Waals surface area contributed by atoms with Crippen LogP contribution < -0.4 is 20.8 Å². The fourth-order valence-electron chi connectivity index (χ4n) is 5.42. The van der Waals surface area contributed by atoms with Gasteiger partial charge in [-0.25, -0.2) is 4.79 Å². The van der Waals surface area contributed by atoms with Crippen LogP contribution in [0.5, 0.6) is 0 Å². The minimum atomic E-state index is -3.20. The van der Waals surface area contributed by atoms with Crippen LogP contribution in [0.3, 0.4) is 0 Å². The second-order valence-electron chi connectivity index (χ2n) is 12.9. The van der Waals surface area contributed by atoms with Crippen LogP contribution in [0.25, 0.3) is 0 Å². The van der Waals surface area contributed by atoms with Crippen molar-refractivity contribution in [1.29, 1.82) is 0 Å². The van der Waals surface area contributed by atoms with Gasteiger partial charge in [-0.2, -0.15) is 0 Å². The Morgan fingerprint density at radius 1 is 0.674 bits per heavy atom. The number of ether oxygens (including phenoxy) is 2. The Hall–Kier alpha value is -3.93. The number of hydrogen-bond donors (Lipinski definition) is 1. The zero-order valence-electron chi connectivity index (χ0n) is 27.4. The highest BCUT2D eigenvalue weighted by atomic mass is 79.9. The summed E-state index contributed by atoms with van der Waals surface area (Å²) in [6, 6.07) is 35.1. The lowest BCUT2D eigenvalue weighted by atomic mass is 10.1. The van der Waals surface area contributed by atoms with E-state index >= 15 is 0 Å². The summed E-state index contributed by atoms with van der Waals surface area (Å²) in [7, 11) is -3.20. The van der Waals surface area contributed by atoms with E-state index in [9.17, 15) is 14.7 Å². The molecule has 0 saturated heterocycles. The quantitative estimate of drug-likeness (QED) is 0.109. The second-order valence-corrected chi connectivity index (χ2v) is 17.2. The van der Waals surface area contributed by atoms with E-state index in [2.05, 4.69) is 15.9 Å². The van der Waals surface area contributed by atoms with Crippen LogP contribution in [0.2, 0.25) is 0 Å². The van der Waals surface area contributed by atoms with E-state index in [1.807, 2.05) is 112 Å². The molecule has 8 heteroatoms. The Morgan fingerprint density at radius 3 is 1.41 bits per heavy atom. The maximum atomic E-state index is 14.8. The fourth-order valence-corrected chi connectivity index (χ4v) is 10.2. The third-order valence-corrected chi connectivity index (χ3v) is 11.9. The number of benzene rings is 4. The zero-order chi connectivity index (χ0) is 33.7. The van der Waals surface area contributed by atoms with Gasteiger partial charge in [-0.3, -0.25) is 9.69 Å². The minimum absolute atomic E-state index is 0.249. The Bertz CT molecular complexity index is 1570. The van der Waals surface area contributed by atoms with E-state index in [1.54, 1.807) is 45.0 Å². The third kappa shape index (κ3) is 7.89. The predicted octanol–water partition coefficient (Wildman–Crippen LogP) is 8.05. The van der Waals surface area contributed by atoms with Gasteiger partial charge in [-0.05, 0) is 102 Å². The Morgan fingerprint density at radius 2 is 1.07 bits per heavy atom. The molecule has 1 unspecified atom stereocenters. The number of carbonyl (C=O) groups is 2. The molecule has 0 saturated carbocycles. The highest BCUT2D eigenvalue weighted by Gasteiger charge is 2.59. The molecule has 0 aliphatic carbocycles. The van der Waals surface area contributed by atoms with Gasteiger partial charge in [0.05, 0.1) is 0 Å². The molecule has 1 N–H and O–H groups in total. The molecule has 0 spiro atoms. The minimum Gasteiger partial charge on any atom is -0.478 e. The van der Waals surface area contributed by atoms with Crippen molar-refractivity contribution in [3.8, 4) is 0 Å². The fraction of sp³-hybridized carbons (Fsp3) is 0.263. The molecule has 0 aliphatic heterocycles. The van der Waals surface area contributed by atoms with Gasteiger partial charge in [0, 0.05) is 17.1 Å². The summed E-state index contributed by atoms with van der Waals surface area (Å²) in [5.74, 6) is -1.54. The molecule has 4 aromatic rings. The maximum absolute atomic E-state index is 14.8. The van der Waals surface area contributed by atoms with Gasteiger partial charge < -0.3 is 14.6 Å². The van der Waals surface area contributed by atoms with Crippen molar-refractivity contribution in [2.45, 2.75) is 65.7 Å². The topological polar surface area (TPSA) is 76.1 Å². The lowest BCUT2D eigenvalue weighted by molar-refractivity contribution is -0.156. The van der Waals surface area contributed by atoms with E-state index in [0.29, 0.717) is 5.69 Å². The maximum Gasteiger partial charge on any atom is 0.338 e. The highest BCUT2D eigenvalue weighted by molar-refractivity contribution is 9.10. The Kier molecular flexibility index (Phi) is 10.8. The van der Waals surface area contributed by atoms with Gasteiger partial charge in [0.1, 0.15) is 27.1 Å². The SMILES string of the molecule is CC(=O)N(c1ccc(Br)cc1)C(C(=O)OC(C)(C)C)/C(=C(/O)OC(C)(C)C)[P+](c1ccccc1)(c1ccccc1)c1ccccc1. The number of esters is 1. The van der Waals surface area contributed by atoms with Gasteiger partial charge in [0.25, 0.3) is 0 Å². The summed E-state index contributed by atoms with van der Waals surface area (Å²) in [6.07, 6.45) is 0. The van der Waals surface area contributed by atoms with Gasteiger partial charge in [0.15, 0.2) is 13.3 Å².